The first-order chi connectivity index (χ1) is 13.8. The third kappa shape index (κ3) is 4.45. The van der Waals surface area contributed by atoms with Gasteiger partial charge in [-0.2, -0.15) is 0 Å². The second kappa shape index (κ2) is 8.69. The molecule has 1 aliphatic rings. The number of rotatable bonds is 6. The van der Waals surface area contributed by atoms with E-state index in [0.29, 0.717) is 17.2 Å². The molecule has 0 unspecified atom stereocenters. The molecule has 6 nitrogen and oxygen atoms in total. The lowest BCUT2D eigenvalue weighted by atomic mass is 10.0. The van der Waals surface area contributed by atoms with Gasteiger partial charge in [-0.05, 0) is 42.8 Å². The topological polar surface area (TPSA) is 67.9 Å². The van der Waals surface area contributed by atoms with E-state index in [9.17, 15) is 14.0 Å². The summed E-state index contributed by atoms with van der Waals surface area (Å²) < 4.78 is 23.9. The van der Waals surface area contributed by atoms with Gasteiger partial charge < -0.3 is 19.7 Å². The van der Waals surface area contributed by atoms with Gasteiger partial charge in [-0.25, -0.2) is 4.39 Å². The van der Waals surface area contributed by atoms with Gasteiger partial charge in [-0.15, -0.1) is 0 Å². The molecule has 2 atom stereocenters. The number of benzene rings is 2. The van der Waals surface area contributed by atoms with Crippen molar-refractivity contribution in [1.29, 1.82) is 0 Å². The standard InChI is InChI=1S/C21H22ClFN2O4/c1-12(13-4-7-18(28-2)19(8-13)29-3)24-21(27)14-9-20(26)25(11-14)15-5-6-17(23)16(22)10-15/h4-8,10,12,14H,9,11H2,1-3H3,(H,24,27)/t12-,14+/m1/s1. The molecule has 29 heavy (non-hydrogen) atoms. The maximum absolute atomic E-state index is 13.4. The van der Waals surface area contributed by atoms with Crippen molar-refractivity contribution >= 4 is 29.1 Å². The van der Waals surface area contributed by atoms with E-state index in [1.807, 2.05) is 13.0 Å². The number of anilines is 1. The zero-order chi connectivity index (χ0) is 21.1. The summed E-state index contributed by atoms with van der Waals surface area (Å²) in [6, 6.07) is 9.21. The van der Waals surface area contributed by atoms with Crippen molar-refractivity contribution in [3.8, 4) is 11.5 Å². The van der Waals surface area contributed by atoms with Crippen LogP contribution in [0, 0.1) is 11.7 Å². The molecular formula is C21H22ClFN2O4. The van der Waals surface area contributed by atoms with E-state index in [1.165, 1.54) is 23.1 Å². The van der Waals surface area contributed by atoms with Crippen LogP contribution in [0.5, 0.6) is 11.5 Å². The summed E-state index contributed by atoms with van der Waals surface area (Å²) in [6.07, 6.45) is 0.0828. The van der Waals surface area contributed by atoms with Crippen molar-refractivity contribution in [1.82, 2.24) is 5.32 Å². The molecule has 1 heterocycles. The van der Waals surface area contributed by atoms with E-state index in [-0.39, 0.29) is 35.8 Å². The second-order valence-corrected chi connectivity index (χ2v) is 7.26. The number of ether oxygens (including phenoxy) is 2. The number of hydrogen-bond acceptors (Lipinski definition) is 4. The monoisotopic (exact) mass is 420 g/mol. The van der Waals surface area contributed by atoms with Crippen LogP contribution in [-0.4, -0.2) is 32.6 Å². The molecule has 1 fully saturated rings. The molecule has 0 radical (unpaired) electrons. The largest absolute Gasteiger partial charge is 0.493 e. The minimum absolute atomic E-state index is 0.0646. The Kier molecular flexibility index (Phi) is 6.27. The van der Waals surface area contributed by atoms with Gasteiger partial charge in [0, 0.05) is 18.7 Å². The first-order valence-corrected chi connectivity index (χ1v) is 9.49. The molecule has 1 aliphatic heterocycles. The van der Waals surface area contributed by atoms with E-state index in [4.69, 9.17) is 21.1 Å². The van der Waals surface area contributed by atoms with Crippen LogP contribution in [0.15, 0.2) is 36.4 Å². The van der Waals surface area contributed by atoms with Crippen LogP contribution in [-0.2, 0) is 9.59 Å². The fourth-order valence-corrected chi connectivity index (χ4v) is 3.50. The summed E-state index contributed by atoms with van der Waals surface area (Å²) in [4.78, 5) is 26.5. The maximum atomic E-state index is 13.4. The maximum Gasteiger partial charge on any atom is 0.227 e. The number of hydrogen-bond donors (Lipinski definition) is 1. The smallest absolute Gasteiger partial charge is 0.227 e. The van der Waals surface area contributed by atoms with Gasteiger partial charge in [0.1, 0.15) is 5.82 Å². The van der Waals surface area contributed by atoms with E-state index < -0.39 is 11.7 Å². The number of carbonyl (C=O) groups is 2. The molecule has 0 bridgehead atoms. The molecule has 0 aliphatic carbocycles. The number of nitrogens with zero attached hydrogens (tertiary/aromatic N) is 1. The van der Waals surface area contributed by atoms with Gasteiger partial charge >= 0.3 is 0 Å². The minimum Gasteiger partial charge on any atom is -0.493 e. The van der Waals surface area contributed by atoms with Crippen LogP contribution < -0.4 is 19.7 Å². The second-order valence-electron chi connectivity index (χ2n) is 6.85. The summed E-state index contributed by atoms with van der Waals surface area (Å²) >= 11 is 5.81. The average molecular weight is 421 g/mol. The lowest BCUT2D eigenvalue weighted by Gasteiger charge is -2.20. The Labute approximate surface area is 173 Å². The SMILES string of the molecule is COc1ccc([C@@H](C)NC(=O)[C@H]2CC(=O)N(c3ccc(F)c(Cl)c3)C2)cc1OC. The normalized spacial score (nSPS) is 17.2. The number of halogens is 2. The molecular weight excluding hydrogens is 399 g/mol. The van der Waals surface area contributed by atoms with E-state index in [1.54, 1.807) is 26.4 Å². The molecule has 1 saturated heterocycles. The summed E-state index contributed by atoms with van der Waals surface area (Å²) in [5.74, 6) is -0.316. The highest BCUT2D eigenvalue weighted by molar-refractivity contribution is 6.31. The molecule has 154 valence electrons. The van der Waals surface area contributed by atoms with Gasteiger partial charge in [-0.3, -0.25) is 9.59 Å². The minimum atomic E-state index is -0.555. The molecule has 1 N–H and O–H groups in total. The molecule has 2 aromatic carbocycles. The Morgan fingerprint density at radius 1 is 1.21 bits per heavy atom. The molecule has 2 aromatic rings. The highest BCUT2D eigenvalue weighted by atomic mass is 35.5. The van der Waals surface area contributed by atoms with Crippen molar-refractivity contribution in [2.45, 2.75) is 19.4 Å². The Morgan fingerprint density at radius 2 is 1.93 bits per heavy atom. The summed E-state index contributed by atoms with van der Waals surface area (Å²) in [7, 11) is 3.10. The van der Waals surface area contributed by atoms with E-state index in [2.05, 4.69) is 5.32 Å². The fraction of sp³-hybridized carbons (Fsp3) is 0.333. The summed E-state index contributed by atoms with van der Waals surface area (Å²) in [6.45, 7) is 2.07. The van der Waals surface area contributed by atoms with Crippen molar-refractivity contribution < 1.29 is 23.5 Å². The Bertz CT molecular complexity index is 937. The zero-order valence-corrected chi connectivity index (χ0v) is 17.1. The highest BCUT2D eigenvalue weighted by Crippen LogP contribution is 2.31. The predicted molar refractivity (Wildman–Crippen MR) is 108 cm³/mol. The quantitative estimate of drug-likeness (QED) is 0.773. The van der Waals surface area contributed by atoms with Crippen molar-refractivity contribution in [2.24, 2.45) is 5.92 Å². The lowest BCUT2D eigenvalue weighted by Crippen LogP contribution is -2.34. The summed E-state index contributed by atoms with van der Waals surface area (Å²) in [5.41, 5.74) is 1.33. The molecule has 0 saturated carbocycles. The van der Waals surface area contributed by atoms with Crippen LogP contribution in [0.25, 0.3) is 0 Å². The van der Waals surface area contributed by atoms with Crippen LogP contribution >= 0.6 is 11.6 Å². The Morgan fingerprint density at radius 3 is 2.59 bits per heavy atom. The van der Waals surface area contributed by atoms with Crippen molar-refractivity contribution in [2.75, 3.05) is 25.7 Å². The third-order valence-corrected chi connectivity index (χ3v) is 5.27. The summed E-state index contributed by atoms with van der Waals surface area (Å²) in [5, 5.41) is 2.88. The van der Waals surface area contributed by atoms with Crippen molar-refractivity contribution in [3.63, 3.8) is 0 Å². The molecule has 0 aromatic heterocycles. The molecule has 2 amide bonds. The molecule has 3 rings (SSSR count). The molecule has 0 spiro atoms. The number of methoxy groups -OCH3 is 2. The highest BCUT2D eigenvalue weighted by Gasteiger charge is 2.35. The first-order valence-electron chi connectivity index (χ1n) is 9.11. The predicted octanol–water partition coefficient (Wildman–Crippen LogP) is 3.73. The number of carbonyl (C=O) groups excluding carboxylic acids is 2. The number of nitrogens with one attached hydrogen (secondary N) is 1. The Hall–Kier alpha value is -2.80. The van der Waals surface area contributed by atoms with Gasteiger partial charge in [0.2, 0.25) is 11.8 Å². The number of amides is 2. The average Bonchev–Trinajstić information content (AvgIpc) is 3.11. The first kappa shape index (κ1) is 20.9. The van der Waals surface area contributed by atoms with E-state index in [0.717, 1.165) is 5.56 Å². The van der Waals surface area contributed by atoms with Crippen LogP contribution in [0.1, 0.15) is 24.9 Å². The Balaban J connectivity index is 1.68. The van der Waals surface area contributed by atoms with Gasteiger partial charge in [-0.1, -0.05) is 17.7 Å². The van der Waals surface area contributed by atoms with Gasteiger partial charge in [0.15, 0.2) is 11.5 Å². The van der Waals surface area contributed by atoms with Gasteiger partial charge in [0.05, 0.1) is 31.2 Å². The zero-order valence-electron chi connectivity index (χ0n) is 16.4. The van der Waals surface area contributed by atoms with Gasteiger partial charge in [0.25, 0.3) is 0 Å². The van der Waals surface area contributed by atoms with Crippen molar-refractivity contribution in [3.05, 3.63) is 52.8 Å². The lowest BCUT2D eigenvalue weighted by molar-refractivity contribution is -0.126. The third-order valence-electron chi connectivity index (χ3n) is 4.98. The van der Waals surface area contributed by atoms with Crippen LogP contribution in [0.4, 0.5) is 10.1 Å². The molecule has 8 heteroatoms. The van der Waals surface area contributed by atoms with Crippen LogP contribution in [0.3, 0.4) is 0 Å². The van der Waals surface area contributed by atoms with E-state index >= 15 is 0 Å². The fourth-order valence-electron chi connectivity index (χ4n) is 3.32. The van der Waals surface area contributed by atoms with Crippen LogP contribution in [0.2, 0.25) is 5.02 Å².